The summed E-state index contributed by atoms with van der Waals surface area (Å²) in [6.45, 7) is 3.73. The molecule has 0 spiro atoms. The Bertz CT molecular complexity index is 697. The van der Waals surface area contributed by atoms with Crippen molar-refractivity contribution < 1.29 is 24.5 Å². The molecule has 0 amide bonds. The van der Waals surface area contributed by atoms with Crippen LogP contribution in [0.1, 0.15) is 62.5 Å². The minimum Gasteiger partial charge on any atom is -0.481 e. The number of carboxylic acids is 1. The number of furan rings is 1. The molecule has 3 N–H and O–H groups in total. The van der Waals surface area contributed by atoms with Crippen molar-refractivity contribution in [1.82, 2.24) is 0 Å². The fraction of sp³-hybridized carbons (Fsp3) is 0.571. The summed E-state index contributed by atoms with van der Waals surface area (Å²) < 4.78 is 5.82. The Labute approximate surface area is 203 Å². The molecule has 0 saturated carbocycles. The first-order valence-electron chi connectivity index (χ1n) is 9.19. The Morgan fingerprint density at radius 3 is 2.85 bits per heavy atom. The maximum atomic E-state index is 10.5. The Balaban J connectivity index is 0.00000364. The fourth-order valence-corrected chi connectivity index (χ4v) is 3.20. The summed E-state index contributed by atoms with van der Waals surface area (Å²) in [6.07, 6.45) is 5.80. The van der Waals surface area contributed by atoms with Crippen LogP contribution in [0.15, 0.2) is 22.6 Å². The van der Waals surface area contributed by atoms with Crippen LogP contribution in [-0.4, -0.2) is 84.9 Å². The number of unbranched alkanes of at least 4 members (excludes halogenated alkanes) is 1. The van der Waals surface area contributed by atoms with Gasteiger partial charge in [0.2, 0.25) is 0 Å². The van der Waals surface area contributed by atoms with Gasteiger partial charge in [-0.2, -0.15) is 0 Å². The quantitative estimate of drug-likeness (QED) is 0.257. The maximum absolute atomic E-state index is 10.5. The van der Waals surface area contributed by atoms with Crippen LogP contribution in [0.4, 0.5) is 0 Å². The Morgan fingerprint density at radius 2 is 2.19 bits per heavy atom. The first-order chi connectivity index (χ1) is 12.4. The molecule has 4 atom stereocenters. The standard InChI is InChI=1S/C21H28O5.K/c1-3-4-7-14(2)18(22)11-10-16-17-12-15(8-5-6-9-21(24)25)26-20(17)13-19(16)23;/h10-12,14,16,18-19,22-23H,5-9,13H2,1-2H3,(H,24,25);/t14?,16-,18-,19-;/m1./s1. The third-order valence-corrected chi connectivity index (χ3v) is 4.82. The van der Waals surface area contributed by atoms with Crippen LogP contribution in [0.25, 0.3) is 0 Å². The molecule has 1 aliphatic rings. The number of carboxylic acid groups (broad SMARTS) is 1. The molecule has 1 aromatic heterocycles. The van der Waals surface area contributed by atoms with E-state index in [2.05, 4.69) is 11.8 Å². The third-order valence-electron chi connectivity index (χ3n) is 4.82. The van der Waals surface area contributed by atoms with Crippen LogP contribution in [0.3, 0.4) is 0 Å². The largest absolute Gasteiger partial charge is 0.481 e. The number of hydrogen-bond acceptors (Lipinski definition) is 4. The van der Waals surface area contributed by atoms with Gasteiger partial charge in [-0.05, 0) is 31.7 Å². The number of aryl methyl sites for hydroxylation is 1. The molecule has 5 nitrogen and oxygen atoms in total. The molecule has 0 aromatic carbocycles. The van der Waals surface area contributed by atoms with Crippen LogP contribution in [0.2, 0.25) is 0 Å². The summed E-state index contributed by atoms with van der Waals surface area (Å²) in [6, 6.07) is 1.96. The van der Waals surface area contributed by atoms with Crippen LogP contribution in [0.5, 0.6) is 0 Å². The van der Waals surface area contributed by atoms with Gasteiger partial charge in [-0.1, -0.05) is 19.1 Å². The molecule has 0 aliphatic heterocycles. The van der Waals surface area contributed by atoms with Crippen molar-refractivity contribution in [2.24, 2.45) is 5.92 Å². The average Bonchev–Trinajstić information content (AvgIpc) is 3.10. The first-order valence-corrected chi connectivity index (χ1v) is 9.19. The van der Waals surface area contributed by atoms with E-state index in [-0.39, 0.29) is 69.6 Å². The maximum Gasteiger partial charge on any atom is 0.303 e. The van der Waals surface area contributed by atoms with Gasteiger partial charge in [-0.25, -0.2) is 0 Å². The van der Waals surface area contributed by atoms with E-state index < -0.39 is 18.2 Å². The summed E-state index contributed by atoms with van der Waals surface area (Å²) >= 11 is 0. The molecule has 0 bridgehead atoms. The Kier molecular flexibility index (Phi) is 11.2. The Hall–Kier alpha value is -0.394. The number of rotatable bonds is 9. The van der Waals surface area contributed by atoms with E-state index in [1.165, 1.54) is 0 Å². The molecule has 143 valence electrons. The number of aliphatic hydroxyl groups excluding tert-OH is 2. The van der Waals surface area contributed by atoms with Crippen LogP contribution in [0, 0.1) is 17.8 Å². The number of fused-ring (bicyclic) bond motifs is 1. The molecule has 0 fully saturated rings. The van der Waals surface area contributed by atoms with Crippen molar-refractivity contribution in [3.8, 4) is 11.8 Å². The van der Waals surface area contributed by atoms with E-state index >= 15 is 0 Å². The van der Waals surface area contributed by atoms with Crippen molar-refractivity contribution in [2.75, 3.05) is 0 Å². The van der Waals surface area contributed by atoms with Gasteiger partial charge < -0.3 is 19.7 Å². The van der Waals surface area contributed by atoms with Gasteiger partial charge in [0.05, 0.1) is 12.2 Å². The van der Waals surface area contributed by atoms with Crippen LogP contribution in [-0.2, 0) is 17.6 Å². The fourth-order valence-electron chi connectivity index (χ4n) is 3.20. The molecule has 1 radical (unpaired) electrons. The summed E-state index contributed by atoms with van der Waals surface area (Å²) in [5, 5.41) is 29.2. The van der Waals surface area contributed by atoms with Gasteiger partial charge in [-0.3, -0.25) is 4.79 Å². The van der Waals surface area contributed by atoms with E-state index in [4.69, 9.17) is 9.52 Å². The minimum absolute atomic E-state index is 0. The smallest absolute Gasteiger partial charge is 0.303 e. The zero-order valence-electron chi connectivity index (χ0n) is 16.4. The number of aliphatic hydroxyl groups is 2. The SMILES string of the molecule is CC#CCC(C)[C@H](O)C=C[C@@H]1c2cc(CCCCC(=O)O)oc2C[C@H]1O.[K]. The second-order valence-corrected chi connectivity index (χ2v) is 6.97. The van der Waals surface area contributed by atoms with E-state index in [0.29, 0.717) is 25.7 Å². The minimum atomic E-state index is -0.780. The summed E-state index contributed by atoms with van der Waals surface area (Å²) in [7, 11) is 0. The molecule has 1 aliphatic carbocycles. The zero-order valence-corrected chi connectivity index (χ0v) is 19.6. The molecule has 2 rings (SSSR count). The van der Waals surface area contributed by atoms with Crippen molar-refractivity contribution in [2.45, 2.75) is 70.5 Å². The monoisotopic (exact) mass is 399 g/mol. The van der Waals surface area contributed by atoms with Crippen molar-refractivity contribution in [1.29, 1.82) is 0 Å². The van der Waals surface area contributed by atoms with Crippen LogP contribution < -0.4 is 0 Å². The molecule has 6 heteroatoms. The van der Waals surface area contributed by atoms with E-state index in [1.54, 1.807) is 13.0 Å². The van der Waals surface area contributed by atoms with Crippen molar-refractivity contribution in [3.05, 3.63) is 35.3 Å². The van der Waals surface area contributed by atoms with E-state index in [0.717, 1.165) is 23.5 Å². The average molecular weight is 400 g/mol. The van der Waals surface area contributed by atoms with Gasteiger partial charge in [0, 0.05) is 88.5 Å². The molecular weight excluding hydrogens is 371 g/mol. The normalized spacial score (nSPS) is 20.4. The van der Waals surface area contributed by atoms with Crippen LogP contribution >= 0.6 is 0 Å². The molecule has 1 heterocycles. The number of carbonyl (C=O) groups is 1. The number of hydrogen-bond donors (Lipinski definition) is 3. The third kappa shape index (κ3) is 7.50. The molecule has 27 heavy (non-hydrogen) atoms. The second-order valence-electron chi connectivity index (χ2n) is 6.97. The van der Waals surface area contributed by atoms with Gasteiger partial charge in [0.1, 0.15) is 11.5 Å². The topological polar surface area (TPSA) is 90.9 Å². The first kappa shape index (κ1) is 24.6. The molecular formula is C21H28KO5. The predicted molar refractivity (Wildman–Crippen MR) is 104 cm³/mol. The predicted octanol–water partition coefficient (Wildman–Crippen LogP) is 2.66. The van der Waals surface area contributed by atoms with Gasteiger partial charge in [0.25, 0.3) is 0 Å². The summed E-state index contributed by atoms with van der Waals surface area (Å²) in [5.41, 5.74) is 0.968. The van der Waals surface area contributed by atoms with Crippen molar-refractivity contribution in [3.63, 3.8) is 0 Å². The van der Waals surface area contributed by atoms with Crippen molar-refractivity contribution >= 4 is 57.4 Å². The van der Waals surface area contributed by atoms with Gasteiger partial charge in [-0.15, -0.1) is 11.8 Å². The number of aliphatic carboxylic acids is 1. The summed E-state index contributed by atoms with van der Waals surface area (Å²) in [4.78, 5) is 10.5. The summed E-state index contributed by atoms with van der Waals surface area (Å²) in [5.74, 6) is 6.50. The van der Waals surface area contributed by atoms with E-state index in [1.807, 2.05) is 19.1 Å². The molecule has 0 saturated heterocycles. The second kappa shape index (κ2) is 12.2. The molecule has 1 unspecified atom stereocenters. The molecule has 1 aromatic rings. The Morgan fingerprint density at radius 1 is 1.44 bits per heavy atom. The van der Waals surface area contributed by atoms with Gasteiger partial charge >= 0.3 is 5.97 Å². The zero-order chi connectivity index (χ0) is 19.1. The van der Waals surface area contributed by atoms with Gasteiger partial charge in [0.15, 0.2) is 0 Å². The van der Waals surface area contributed by atoms with E-state index in [9.17, 15) is 15.0 Å².